The van der Waals surface area contributed by atoms with Crippen LogP contribution in [0.25, 0.3) is 33.5 Å². The van der Waals surface area contributed by atoms with Crippen LogP contribution in [0, 0.1) is 0 Å². The first-order valence-electron chi connectivity index (χ1n) is 8.63. The third kappa shape index (κ3) is 1.97. The number of para-hydroxylation sites is 2. The normalized spacial score (nSPS) is 14.3. The van der Waals surface area contributed by atoms with Crippen molar-refractivity contribution in [3.8, 4) is 22.5 Å². The van der Waals surface area contributed by atoms with Crippen LogP contribution < -0.4 is 0 Å². The lowest BCUT2D eigenvalue weighted by Gasteiger charge is -2.27. The summed E-state index contributed by atoms with van der Waals surface area (Å²) >= 11 is 0. The van der Waals surface area contributed by atoms with Crippen LogP contribution in [-0.4, -0.2) is 9.97 Å². The Morgan fingerprint density at radius 1 is 0.560 bits per heavy atom. The van der Waals surface area contributed by atoms with Crippen LogP contribution in [0.3, 0.4) is 0 Å². The van der Waals surface area contributed by atoms with Gasteiger partial charge in [-0.05, 0) is 23.3 Å². The number of nitrogens with zero attached hydrogens (tertiary/aromatic N) is 2. The van der Waals surface area contributed by atoms with Gasteiger partial charge in [0.05, 0.1) is 22.4 Å². The number of benzene rings is 3. The second-order valence-corrected chi connectivity index (χ2v) is 7.13. The summed E-state index contributed by atoms with van der Waals surface area (Å²) in [6, 6.07) is 25.3. The first-order chi connectivity index (χ1) is 12.2. The Morgan fingerprint density at radius 3 is 1.44 bits per heavy atom. The molecule has 0 saturated carbocycles. The molecule has 0 spiro atoms. The van der Waals surface area contributed by atoms with E-state index in [4.69, 9.17) is 9.97 Å². The standard InChI is InChI=1S/C23H18N2/c1-23(2)17-11-5-3-9-15(17)21-22(16-10-4-6-12-18(16)23)25-20-14-8-7-13-19(20)24-21/h3-14H,1-2H3. The lowest BCUT2D eigenvalue weighted by atomic mass is 9.76. The highest BCUT2D eigenvalue weighted by atomic mass is 14.8. The van der Waals surface area contributed by atoms with E-state index in [-0.39, 0.29) is 5.41 Å². The monoisotopic (exact) mass is 322 g/mol. The van der Waals surface area contributed by atoms with E-state index in [1.165, 1.54) is 22.3 Å². The molecule has 1 aromatic heterocycles. The van der Waals surface area contributed by atoms with Gasteiger partial charge >= 0.3 is 0 Å². The van der Waals surface area contributed by atoms with E-state index in [0.717, 1.165) is 22.4 Å². The highest BCUT2D eigenvalue weighted by Gasteiger charge is 2.33. The van der Waals surface area contributed by atoms with E-state index in [1.54, 1.807) is 0 Å². The maximum Gasteiger partial charge on any atom is 0.0976 e. The van der Waals surface area contributed by atoms with Gasteiger partial charge in [0.2, 0.25) is 0 Å². The molecule has 2 nitrogen and oxygen atoms in total. The van der Waals surface area contributed by atoms with Gasteiger partial charge in [-0.1, -0.05) is 74.5 Å². The van der Waals surface area contributed by atoms with Gasteiger partial charge in [-0.25, -0.2) is 9.97 Å². The highest BCUT2D eigenvalue weighted by Crippen LogP contribution is 2.47. The van der Waals surface area contributed by atoms with Gasteiger partial charge in [0.15, 0.2) is 0 Å². The molecule has 0 amide bonds. The van der Waals surface area contributed by atoms with Crippen LogP contribution in [0.4, 0.5) is 0 Å². The lowest BCUT2D eigenvalue weighted by Crippen LogP contribution is -2.19. The van der Waals surface area contributed by atoms with Crippen molar-refractivity contribution in [2.75, 3.05) is 0 Å². The van der Waals surface area contributed by atoms with Crippen LogP contribution in [0.5, 0.6) is 0 Å². The molecule has 120 valence electrons. The van der Waals surface area contributed by atoms with Crippen molar-refractivity contribution < 1.29 is 0 Å². The zero-order valence-corrected chi connectivity index (χ0v) is 14.3. The van der Waals surface area contributed by atoms with Crippen molar-refractivity contribution in [1.82, 2.24) is 9.97 Å². The Balaban J connectivity index is 2.01. The quantitative estimate of drug-likeness (QED) is 0.421. The Labute approximate surface area is 147 Å². The minimum atomic E-state index is -0.109. The fourth-order valence-corrected chi connectivity index (χ4v) is 3.99. The molecule has 0 unspecified atom stereocenters. The number of aromatic nitrogens is 2. The van der Waals surface area contributed by atoms with Crippen molar-refractivity contribution >= 4 is 11.0 Å². The number of hydrogen-bond acceptors (Lipinski definition) is 2. The highest BCUT2D eigenvalue weighted by molar-refractivity contribution is 5.90. The third-order valence-electron chi connectivity index (χ3n) is 5.28. The Morgan fingerprint density at radius 2 is 0.960 bits per heavy atom. The molecular formula is C23H18N2. The molecule has 25 heavy (non-hydrogen) atoms. The van der Waals surface area contributed by atoms with E-state index in [0.29, 0.717) is 0 Å². The maximum absolute atomic E-state index is 5.02. The molecule has 1 aliphatic rings. The summed E-state index contributed by atoms with van der Waals surface area (Å²) in [6.07, 6.45) is 0. The van der Waals surface area contributed by atoms with Crippen molar-refractivity contribution in [2.45, 2.75) is 19.3 Å². The van der Waals surface area contributed by atoms with Crippen LogP contribution >= 0.6 is 0 Å². The smallest absolute Gasteiger partial charge is 0.0976 e. The van der Waals surface area contributed by atoms with Gasteiger partial charge in [-0.2, -0.15) is 0 Å². The van der Waals surface area contributed by atoms with E-state index in [1.807, 2.05) is 24.3 Å². The number of hydrogen-bond donors (Lipinski definition) is 0. The van der Waals surface area contributed by atoms with E-state index in [2.05, 4.69) is 62.4 Å². The van der Waals surface area contributed by atoms with Gasteiger partial charge in [0.25, 0.3) is 0 Å². The van der Waals surface area contributed by atoms with Crippen LogP contribution in [0.1, 0.15) is 25.0 Å². The zero-order valence-electron chi connectivity index (χ0n) is 14.3. The van der Waals surface area contributed by atoms with E-state index >= 15 is 0 Å². The van der Waals surface area contributed by atoms with Crippen LogP contribution in [0.15, 0.2) is 72.8 Å². The minimum Gasteiger partial charge on any atom is -0.244 e. The minimum absolute atomic E-state index is 0.109. The first kappa shape index (κ1) is 14.4. The summed E-state index contributed by atoms with van der Waals surface area (Å²) in [5, 5.41) is 0. The average molecular weight is 322 g/mol. The molecule has 0 N–H and O–H groups in total. The molecule has 1 heterocycles. The van der Waals surface area contributed by atoms with E-state index in [9.17, 15) is 0 Å². The zero-order chi connectivity index (χ0) is 17.0. The molecule has 5 rings (SSSR count). The topological polar surface area (TPSA) is 25.8 Å². The number of fused-ring (bicyclic) bond motifs is 6. The molecule has 0 saturated heterocycles. The second kappa shape index (κ2) is 5.00. The van der Waals surface area contributed by atoms with Crippen molar-refractivity contribution in [3.05, 3.63) is 83.9 Å². The summed E-state index contributed by atoms with van der Waals surface area (Å²) in [5.41, 5.74) is 8.67. The molecule has 4 aromatic rings. The molecule has 2 heteroatoms. The maximum atomic E-state index is 5.02. The van der Waals surface area contributed by atoms with Gasteiger partial charge in [0.1, 0.15) is 0 Å². The molecule has 0 fully saturated rings. The van der Waals surface area contributed by atoms with E-state index < -0.39 is 0 Å². The van der Waals surface area contributed by atoms with Gasteiger partial charge in [-0.3, -0.25) is 0 Å². The molecule has 0 radical (unpaired) electrons. The van der Waals surface area contributed by atoms with Crippen LogP contribution in [0.2, 0.25) is 0 Å². The Hall–Kier alpha value is -3.00. The van der Waals surface area contributed by atoms with Gasteiger partial charge in [-0.15, -0.1) is 0 Å². The molecular weight excluding hydrogens is 304 g/mol. The lowest BCUT2D eigenvalue weighted by molar-refractivity contribution is 0.646. The second-order valence-electron chi connectivity index (χ2n) is 7.13. The Kier molecular flexibility index (Phi) is 2.87. The SMILES string of the molecule is CC1(C)c2ccccc2-c2nc3ccccc3nc2-c2ccccc21. The predicted molar refractivity (Wildman–Crippen MR) is 103 cm³/mol. The number of rotatable bonds is 0. The first-order valence-corrected chi connectivity index (χ1v) is 8.63. The van der Waals surface area contributed by atoms with Crippen molar-refractivity contribution in [3.63, 3.8) is 0 Å². The summed E-state index contributed by atoms with van der Waals surface area (Å²) < 4.78 is 0. The van der Waals surface area contributed by atoms with Gasteiger partial charge < -0.3 is 0 Å². The summed E-state index contributed by atoms with van der Waals surface area (Å²) in [4.78, 5) is 10.0. The molecule has 0 atom stereocenters. The van der Waals surface area contributed by atoms with Crippen molar-refractivity contribution in [2.24, 2.45) is 0 Å². The Bertz CT molecular complexity index is 1040. The summed E-state index contributed by atoms with van der Waals surface area (Å²) in [6.45, 7) is 4.58. The molecule has 0 aliphatic heterocycles. The average Bonchev–Trinajstić information content (AvgIpc) is 2.74. The largest absolute Gasteiger partial charge is 0.244 e. The summed E-state index contributed by atoms with van der Waals surface area (Å²) in [5.74, 6) is 0. The van der Waals surface area contributed by atoms with Crippen LogP contribution in [-0.2, 0) is 5.41 Å². The fourth-order valence-electron chi connectivity index (χ4n) is 3.99. The summed E-state index contributed by atoms with van der Waals surface area (Å²) in [7, 11) is 0. The van der Waals surface area contributed by atoms with Crippen molar-refractivity contribution in [1.29, 1.82) is 0 Å². The third-order valence-corrected chi connectivity index (χ3v) is 5.28. The molecule has 1 aliphatic carbocycles. The molecule has 3 aromatic carbocycles. The van der Waals surface area contributed by atoms with Gasteiger partial charge in [0, 0.05) is 16.5 Å². The fraction of sp³-hybridized carbons (Fsp3) is 0.130. The molecule has 0 bridgehead atoms. The predicted octanol–water partition coefficient (Wildman–Crippen LogP) is 5.60.